The third-order valence-electron chi connectivity index (χ3n) is 5.33. The lowest BCUT2D eigenvalue weighted by Gasteiger charge is -2.16. The molecule has 1 atom stereocenters. The summed E-state index contributed by atoms with van der Waals surface area (Å²) in [6.45, 7) is 0. The minimum Gasteiger partial charge on any atom is -0.398 e. The van der Waals surface area contributed by atoms with Crippen molar-refractivity contribution in [1.29, 1.82) is 0 Å². The van der Waals surface area contributed by atoms with E-state index in [2.05, 4.69) is 41.7 Å². The van der Waals surface area contributed by atoms with E-state index >= 15 is 0 Å². The Balaban J connectivity index is 1.56. The fourth-order valence-electron chi connectivity index (χ4n) is 3.97. The van der Waals surface area contributed by atoms with Crippen LogP contribution in [0.5, 0.6) is 0 Å². The fourth-order valence-corrected chi connectivity index (χ4v) is 3.97. The standard InChI is InChI=1S/C24H24N2O/c25-21-15-8-16-22-23(21)19-13-7-6-12-18(19)20(24(27)26-22)14-5-4-11-17-9-2-1-3-10-17/h1-3,6-10,12-13,15-16,20H,4-5,11,14,25H2,(H,26,27). The van der Waals surface area contributed by atoms with Crippen LogP contribution in [-0.4, -0.2) is 5.91 Å². The summed E-state index contributed by atoms with van der Waals surface area (Å²) in [6.07, 6.45) is 3.96. The normalized spacial score (nSPS) is 15.4. The van der Waals surface area contributed by atoms with Crippen molar-refractivity contribution in [3.63, 3.8) is 0 Å². The molecule has 1 aliphatic rings. The first-order valence-corrected chi connectivity index (χ1v) is 9.56. The number of benzene rings is 3. The zero-order valence-electron chi connectivity index (χ0n) is 15.3. The third-order valence-corrected chi connectivity index (χ3v) is 5.33. The second kappa shape index (κ2) is 7.67. The van der Waals surface area contributed by atoms with Crippen molar-refractivity contribution < 1.29 is 4.79 Å². The Bertz CT molecular complexity index is 950. The molecule has 0 aromatic heterocycles. The molecule has 3 N–H and O–H groups in total. The molecule has 3 aromatic rings. The van der Waals surface area contributed by atoms with Crippen molar-refractivity contribution in [3.8, 4) is 11.1 Å². The number of hydrogen-bond donors (Lipinski definition) is 2. The van der Waals surface area contributed by atoms with E-state index in [9.17, 15) is 4.79 Å². The topological polar surface area (TPSA) is 55.1 Å². The van der Waals surface area contributed by atoms with Crippen molar-refractivity contribution in [2.75, 3.05) is 11.1 Å². The van der Waals surface area contributed by atoms with Gasteiger partial charge >= 0.3 is 0 Å². The lowest BCUT2D eigenvalue weighted by atomic mass is 9.87. The van der Waals surface area contributed by atoms with Crippen LogP contribution in [0.1, 0.15) is 36.3 Å². The summed E-state index contributed by atoms with van der Waals surface area (Å²) in [5.41, 5.74) is 12.2. The zero-order chi connectivity index (χ0) is 18.6. The van der Waals surface area contributed by atoms with Gasteiger partial charge in [0.2, 0.25) is 5.91 Å². The van der Waals surface area contributed by atoms with Crippen LogP contribution in [0, 0.1) is 0 Å². The van der Waals surface area contributed by atoms with Crippen LogP contribution in [-0.2, 0) is 11.2 Å². The number of unbranched alkanes of at least 4 members (excludes halogenated alkanes) is 1. The van der Waals surface area contributed by atoms with Crippen LogP contribution >= 0.6 is 0 Å². The van der Waals surface area contributed by atoms with Crippen LogP contribution in [0.4, 0.5) is 11.4 Å². The second-order valence-corrected chi connectivity index (χ2v) is 7.13. The minimum atomic E-state index is -0.149. The van der Waals surface area contributed by atoms with E-state index in [4.69, 9.17) is 5.73 Å². The first kappa shape index (κ1) is 17.3. The minimum absolute atomic E-state index is 0.0616. The number of rotatable bonds is 5. The molecule has 1 heterocycles. The van der Waals surface area contributed by atoms with Gasteiger partial charge in [0.05, 0.1) is 11.6 Å². The molecule has 1 aliphatic heterocycles. The van der Waals surface area contributed by atoms with Crippen molar-refractivity contribution in [1.82, 2.24) is 0 Å². The maximum absolute atomic E-state index is 13.0. The summed E-state index contributed by atoms with van der Waals surface area (Å²) in [5.74, 6) is -0.0877. The van der Waals surface area contributed by atoms with Crippen LogP contribution in [0.15, 0.2) is 72.8 Å². The van der Waals surface area contributed by atoms with Gasteiger partial charge in [0.1, 0.15) is 0 Å². The summed E-state index contributed by atoms with van der Waals surface area (Å²) in [4.78, 5) is 13.0. The Labute approximate surface area is 160 Å². The van der Waals surface area contributed by atoms with E-state index in [-0.39, 0.29) is 11.8 Å². The van der Waals surface area contributed by atoms with E-state index in [1.807, 2.05) is 36.4 Å². The Morgan fingerprint density at radius 1 is 0.852 bits per heavy atom. The van der Waals surface area contributed by atoms with E-state index in [0.717, 1.165) is 48.1 Å². The first-order valence-electron chi connectivity index (χ1n) is 9.56. The average Bonchev–Trinajstić information content (AvgIpc) is 2.81. The molecule has 0 saturated carbocycles. The van der Waals surface area contributed by atoms with Gasteiger partial charge in [-0.25, -0.2) is 0 Å². The van der Waals surface area contributed by atoms with Gasteiger partial charge in [-0.2, -0.15) is 0 Å². The molecule has 27 heavy (non-hydrogen) atoms. The smallest absolute Gasteiger partial charge is 0.231 e. The van der Waals surface area contributed by atoms with E-state index in [0.29, 0.717) is 5.69 Å². The lowest BCUT2D eigenvalue weighted by Crippen LogP contribution is -2.20. The molecule has 0 radical (unpaired) electrons. The van der Waals surface area contributed by atoms with Crippen LogP contribution in [0.25, 0.3) is 11.1 Å². The maximum atomic E-state index is 13.0. The quantitative estimate of drug-likeness (QED) is 0.476. The van der Waals surface area contributed by atoms with Crippen molar-refractivity contribution in [2.45, 2.75) is 31.6 Å². The summed E-state index contributed by atoms with van der Waals surface area (Å²) < 4.78 is 0. The predicted molar refractivity (Wildman–Crippen MR) is 112 cm³/mol. The Hall–Kier alpha value is -3.07. The highest BCUT2D eigenvalue weighted by atomic mass is 16.1. The molecule has 0 spiro atoms. The average molecular weight is 356 g/mol. The number of hydrogen-bond acceptors (Lipinski definition) is 2. The number of fused-ring (bicyclic) bond motifs is 3. The number of nitrogen functional groups attached to an aromatic ring is 1. The van der Waals surface area contributed by atoms with Gasteiger partial charge in [-0.15, -0.1) is 0 Å². The number of anilines is 2. The Kier molecular flexibility index (Phi) is 4.93. The largest absolute Gasteiger partial charge is 0.398 e. The Morgan fingerprint density at radius 2 is 1.63 bits per heavy atom. The monoisotopic (exact) mass is 356 g/mol. The van der Waals surface area contributed by atoms with Gasteiger partial charge in [0.15, 0.2) is 0 Å². The molecule has 0 saturated heterocycles. The third kappa shape index (κ3) is 3.59. The number of carbonyl (C=O) groups is 1. The molecule has 3 heteroatoms. The lowest BCUT2D eigenvalue weighted by molar-refractivity contribution is -0.117. The molecular formula is C24H24N2O. The summed E-state index contributed by atoms with van der Waals surface area (Å²) >= 11 is 0. The molecule has 1 amide bonds. The molecule has 0 fully saturated rings. The summed E-state index contributed by atoms with van der Waals surface area (Å²) in [7, 11) is 0. The van der Waals surface area contributed by atoms with Gasteiger partial charge in [-0.3, -0.25) is 4.79 Å². The number of aryl methyl sites for hydroxylation is 1. The highest BCUT2D eigenvalue weighted by Gasteiger charge is 2.28. The van der Waals surface area contributed by atoms with Crippen molar-refractivity contribution >= 4 is 17.3 Å². The fraction of sp³-hybridized carbons (Fsp3) is 0.208. The molecule has 0 bridgehead atoms. The molecule has 3 nitrogen and oxygen atoms in total. The van der Waals surface area contributed by atoms with Crippen LogP contribution in [0.3, 0.4) is 0 Å². The van der Waals surface area contributed by atoms with Gasteiger partial charge in [-0.1, -0.05) is 67.1 Å². The van der Waals surface area contributed by atoms with Gasteiger partial charge in [0, 0.05) is 11.3 Å². The van der Waals surface area contributed by atoms with E-state index in [1.54, 1.807) is 0 Å². The predicted octanol–water partition coefficient (Wildman–Crippen LogP) is 5.38. The molecule has 3 aromatic carbocycles. The molecular weight excluding hydrogens is 332 g/mol. The van der Waals surface area contributed by atoms with Gasteiger partial charge in [0.25, 0.3) is 0 Å². The van der Waals surface area contributed by atoms with Crippen molar-refractivity contribution in [2.24, 2.45) is 0 Å². The first-order chi connectivity index (χ1) is 13.2. The molecule has 1 unspecified atom stereocenters. The van der Waals surface area contributed by atoms with Gasteiger partial charge < -0.3 is 11.1 Å². The second-order valence-electron chi connectivity index (χ2n) is 7.13. The SMILES string of the molecule is Nc1cccc2c1-c1ccccc1C(CCCCc1ccccc1)C(=O)N2. The maximum Gasteiger partial charge on any atom is 0.231 e. The number of carbonyl (C=O) groups excluding carboxylic acids is 1. The van der Waals surface area contributed by atoms with Crippen LogP contribution < -0.4 is 11.1 Å². The van der Waals surface area contributed by atoms with Gasteiger partial charge in [-0.05, 0) is 48.1 Å². The molecule has 4 rings (SSSR count). The highest BCUT2D eigenvalue weighted by molar-refractivity contribution is 6.05. The molecule has 136 valence electrons. The van der Waals surface area contributed by atoms with E-state index in [1.165, 1.54) is 5.56 Å². The number of nitrogens with one attached hydrogen (secondary N) is 1. The highest BCUT2D eigenvalue weighted by Crippen LogP contribution is 2.42. The zero-order valence-corrected chi connectivity index (χ0v) is 15.3. The van der Waals surface area contributed by atoms with E-state index < -0.39 is 0 Å². The number of nitrogens with two attached hydrogens (primary N) is 1. The molecule has 0 aliphatic carbocycles. The number of amides is 1. The summed E-state index contributed by atoms with van der Waals surface area (Å²) in [6, 6.07) is 24.4. The van der Waals surface area contributed by atoms with Crippen molar-refractivity contribution in [3.05, 3.63) is 83.9 Å². The Morgan fingerprint density at radius 3 is 2.48 bits per heavy atom. The van der Waals surface area contributed by atoms with Crippen LogP contribution in [0.2, 0.25) is 0 Å². The summed E-state index contributed by atoms with van der Waals surface area (Å²) in [5, 5.41) is 3.10.